The lowest BCUT2D eigenvalue weighted by Gasteiger charge is -2.04. The Labute approximate surface area is 112 Å². The molecule has 88 valence electrons. The average Bonchev–Trinajstić information content (AvgIpc) is 2.26. The Hall–Kier alpha value is -1.13. The van der Waals surface area contributed by atoms with Crippen LogP contribution in [0.2, 0.25) is 5.02 Å². The minimum Gasteiger partial charge on any atom is -0.268 e. The molecule has 0 unspecified atom stereocenters. The molecule has 0 atom stereocenters. The fraction of sp³-hybridized carbons (Fsp3) is 0.167. The number of hydrogen-bond acceptors (Lipinski definition) is 2. The van der Waals surface area contributed by atoms with Crippen LogP contribution in [0, 0.1) is 0 Å². The Morgan fingerprint density at radius 2 is 2.18 bits per heavy atom. The van der Waals surface area contributed by atoms with E-state index in [-0.39, 0.29) is 5.56 Å². The fourth-order valence-electron chi connectivity index (χ4n) is 1.48. The normalized spacial score (nSPS) is 10.6. The van der Waals surface area contributed by atoms with Gasteiger partial charge in [0.25, 0.3) is 5.56 Å². The third kappa shape index (κ3) is 2.42. The molecule has 0 aliphatic heterocycles. The Balaban J connectivity index is 2.85. The first-order valence-corrected chi connectivity index (χ1v) is 6.18. The summed E-state index contributed by atoms with van der Waals surface area (Å²) in [5, 5.41) is 0.503. The van der Waals surface area contributed by atoms with Crippen LogP contribution in [-0.4, -0.2) is 9.38 Å². The molecule has 2 rings (SSSR count). The van der Waals surface area contributed by atoms with E-state index in [9.17, 15) is 4.79 Å². The van der Waals surface area contributed by atoms with Gasteiger partial charge in [-0.1, -0.05) is 17.2 Å². The molecule has 0 spiro atoms. The summed E-state index contributed by atoms with van der Waals surface area (Å²) in [6.07, 6.45) is 3.42. The predicted octanol–water partition coefficient (Wildman–Crippen LogP) is 3.53. The molecule has 5 heteroatoms. The molecule has 2 aromatic rings. The van der Waals surface area contributed by atoms with Gasteiger partial charge in [0, 0.05) is 6.20 Å². The van der Waals surface area contributed by atoms with Gasteiger partial charge < -0.3 is 0 Å². The molecule has 0 radical (unpaired) electrons. The molecule has 0 N–H and O–H groups in total. The van der Waals surface area contributed by atoms with E-state index in [2.05, 4.69) is 20.9 Å². The van der Waals surface area contributed by atoms with Crippen molar-refractivity contribution >= 4 is 39.3 Å². The topological polar surface area (TPSA) is 34.4 Å². The summed E-state index contributed by atoms with van der Waals surface area (Å²) in [4.78, 5) is 16.5. The number of nitrogens with zero attached hydrogens (tertiary/aromatic N) is 2. The van der Waals surface area contributed by atoms with Gasteiger partial charge in [0.15, 0.2) is 0 Å². The van der Waals surface area contributed by atoms with Crippen molar-refractivity contribution in [3.63, 3.8) is 0 Å². The monoisotopic (exact) mass is 312 g/mol. The average molecular weight is 314 g/mol. The van der Waals surface area contributed by atoms with Crippen LogP contribution in [0.15, 0.2) is 33.2 Å². The van der Waals surface area contributed by atoms with E-state index in [1.165, 1.54) is 4.40 Å². The van der Waals surface area contributed by atoms with Crippen molar-refractivity contribution in [3.05, 3.63) is 49.4 Å². The van der Waals surface area contributed by atoms with Gasteiger partial charge in [-0.15, -0.1) is 0 Å². The van der Waals surface area contributed by atoms with Gasteiger partial charge in [-0.3, -0.25) is 9.20 Å². The summed E-state index contributed by atoms with van der Waals surface area (Å²) in [7, 11) is 0. The van der Waals surface area contributed by atoms with Crippen LogP contribution < -0.4 is 5.56 Å². The van der Waals surface area contributed by atoms with Crippen molar-refractivity contribution in [2.24, 2.45) is 0 Å². The number of rotatable bonds is 1. The maximum Gasteiger partial charge on any atom is 0.272 e. The van der Waals surface area contributed by atoms with Crippen molar-refractivity contribution in [2.75, 3.05) is 0 Å². The smallest absolute Gasteiger partial charge is 0.268 e. The molecule has 0 aliphatic carbocycles. The molecule has 0 aromatic carbocycles. The lowest BCUT2D eigenvalue weighted by Crippen LogP contribution is -2.17. The second-order valence-electron chi connectivity index (χ2n) is 3.91. The Morgan fingerprint density at radius 3 is 2.82 bits per heavy atom. The van der Waals surface area contributed by atoms with E-state index in [0.29, 0.717) is 20.8 Å². The van der Waals surface area contributed by atoms with Crippen LogP contribution >= 0.6 is 27.5 Å². The van der Waals surface area contributed by atoms with Gasteiger partial charge in [-0.25, -0.2) is 4.98 Å². The molecular weight excluding hydrogens is 304 g/mol. The summed E-state index contributed by atoms with van der Waals surface area (Å²) in [5.41, 5.74) is 2.13. The fourth-order valence-corrected chi connectivity index (χ4v) is 2.03. The van der Waals surface area contributed by atoms with Crippen molar-refractivity contribution in [1.29, 1.82) is 0 Å². The van der Waals surface area contributed by atoms with Crippen molar-refractivity contribution < 1.29 is 0 Å². The number of halogens is 2. The van der Waals surface area contributed by atoms with E-state index < -0.39 is 0 Å². The summed E-state index contributed by atoms with van der Waals surface area (Å²) in [5.74, 6) is 0. The van der Waals surface area contributed by atoms with Gasteiger partial charge in [0.1, 0.15) is 10.1 Å². The third-order valence-electron chi connectivity index (χ3n) is 2.18. The van der Waals surface area contributed by atoms with Crippen LogP contribution in [0.25, 0.3) is 11.7 Å². The summed E-state index contributed by atoms with van der Waals surface area (Å²) in [6, 6.07) is 3.43. The lowest BCUT2D eigenvalue weighted by molar-refractivity contribution is 1.02. The van der Waals surface area contributed by atoms with Gasteiger partial charge in [-0.2, -0.15) is 0 Å². The highest BCUT2D eigenvalue weighted by molar-refractivity contribution is 9.10. The molecule has 0 bridgehead atoms. The zero-order chi connectivity index (χ0) is 12.6. The molecule has 2 heterocycles. The molecular formula is C12H10BrClN2O. The number of allylic oxidation sites excluding steroid dienone is 1. The highest BCUT2D eigenvalue weighted by Crippen LogP contribution is 2.16. The maximum atomic E-state index is 12.1. The first kappa shape index (κ1) is 12.3. The van der Waals surface area contributed by atoms with Crippen molar-refractivity contribution in [2.45, 2.75) is 13.8 Å². The van der Waals surface area contributed by atoms with Crippen LogP contribution in [-0.2, 0) is 0 Å². The van der Waals surface area contributed by atoms with Crippen LogP contribution in [0.5, 0.6) is 0 Å². The summed E-state index contributed by atoms with van der Waals surface area (Å²) >= 11 is 9.12. The minimum absolute atomic E-state index is 0.162. The van der Waals surface area contributed by atoms with E-state index in [4.69, 9.17) is 11.6 Å². The molecule has 0 saturated carbocycles. The van der Waals surface area contributed by atoms with Gasteiger partial charge in [0.05, 0.1) is 10.7 Å². The molecule has 3 nitrogen and oxygen atoms in total. The highest BCUT2D eigenvalue weighted by Gasteiger charge is 2.08. The number of pyridine rings is 1. The van der Waals surface area contributed by atoms with Crippen LogP contribution in [0.4, 0.5) is 0 Å². The molecule has 2 aromatic heterocycles. The van der Waals surface area contributed by atoms with E-state index >= 15 is 0 Å². The summed E-state index contributed by atoms with van der Waals surface area (Å²) in [6.45, 7) is 3.91. The standard InChI is InChI=1S/C12H10BrClN2O/c1-7(2)5-9-11(13)12(17)16-6-8(14)3-4-10(16)15-9/h3-6H,1-2H3. The molecule has 0 amide bonds. The SMILES string of the molecule is CC(C)=Cc1nc2ccc(Cl)cn2c(=O)c1Br. The predicted molar refractivity (Wildman–Crippen MR) is 73.5 cm³/mol. The molecule has 17 heavy (non-hydrogen) atoms. The van der Waals surface area contributed by atoms with E-state index in [1.807, 2.05) is 19.9 Å². The molecule has 0 saturated heterocycles. The van der Waals surface area contributed by atoms with Crippen LogP contribution in [0.1, 0.15) is 19.5 Å². The second-order valence-corrected chi connectivity index (χ2v) is 5.14. The highest BCUT2D eigenvalue weighted by atomic mass is 79.9. The quantitative estimate of drug-likeness (QED) is 0.807. The number of aromatic nitrogens is 2. The third-order valence-corrected chi connectivity index (χ3v) is 3.15. The minimum atomic E-state index is -0.162. The van der Waals surface area contributed by atoms with Gasteiger partial charge >= 0.3 is 0 Å². The lowest BCUT2D eigenvalue weighted by atomic mass is 10.2. The van der Waals surface area contributed by atoms with E-state index in [1.54, 1.807) is 18.3 Å². The van der Waals surface area contributed by atoms with E-state index in [0.717, 1.165) is 5.57 Å². The summed E-state index contributed by atoms with van der Waals surface area (Å²) < 4.78 is 1.87. The first-order chi connectivity index (χ1) is 7.99. The van der Waals surface area contributed by atoms with Crippen LogP contribution in [0.3, 0.4) is 0 Å². The van der Waals surface area contributed by atoms with Gasteiger partial charge in [0.2, 0.25) is 0 Å². The second kappa shape index (κ2) is 4.63. The molecule has 0 fully saturated rings. The maximum absolute atomic E-state index is 12.1. The number of hydrogen-bond donors (Lipinski definition) is 0. The molecule has 0 aliphatic rings. The van der Waals surface area contributed by atoms with Crippen molar-refractivity contribution in [1.82, 2.24) is 9.38 Å². The first-order valence-electron chi connectivity index (χ1n) is 5.01. The zero-order valence-corrected chi connectivity index (χ0v) is 11.7. The zero-order valence-electron chi connectivity index (χ0n) is 9.37. The largest absolute Gasteiger partial charge is 0.272 e. The Kier molecular flexibility index (Phi) is 3.35. The van der Waals surface area contributed by atoms with Gasteiger partial charge in [-0.05, 0) is 48.0 Å². The van der Waals surface area contributed by atoms with Crippen molar-refractivity contribution in [3.8, 4) is 0 Å². The Bertz CT molecular complexity index is 672. The number of fused-ring (bicyclic) bond motifs is 1. The Morgan fingerprint density at radius 1 is 1.47 bits per heavy atom.